The minimum Gasteiger partial charge on any atom is -0.368 e. The van der Waals surface area contributed by atoms with E-state index in [4.69, 9.17) is 5.73 Å². The Bertz CT molecular complexity index is 1010. The highest BCUT2D eigenvalue weighted by Crippen LogP contribution is 2.20. The molecule has 0 aliphatic rings. The van der Waals surface area contributed by atoms with E-state index >= 15 is 0 Å². The topological polar surface area (TPSA) is 101 Å². The van der Waals surface area contributed by atoms with Crippen molar-refractivity contribution < 1.29 is 8.78 Å². The second kappa shape index (κ2) is 7.36. The molecule has 0 spiro atoms. The number of rotatable bonds is 4. The van der Waals surface area contributed by atoms with Crippen molar-refractivity contribution in [1.82, 2.24) is 15.0 Å². The molecule has 0 unspecified atom stereocenters. The third kappa shape index (κ3) is 3.79. The number of nitrogens with one attached hydrogen (secondary N) is 1. The van der Waals surface area contributed by atoms with Gasteiger partial charge >= 0.3 is 0 Å². The molecular weight excluding hydrogens is 338 g/mol. The summed E-state index contributed by atoms with van der Waals surface area (Å²) in [4.78, 5) is 12.0. The van der Waals surface area contributed by atoms with E-state index < -0.39 is 11.6 Å². The maximum Gasteiger partial charge on any atom is 0.232 e. The van der Waals surface area contributed by atoms with Crippen LogP contribution in [0.3, 0.4) is 0 Å². The maximum atomic E-state index is 13.8. The van der Waals surface area contributed by atoms with E-state index in [0.717, 1.165) is 12.1 Å². The molecule has 0 aliphatic heterocycles. The number of nitrogens with two attached hydrogens (primary N) is 1. The highest BCUT2D eigenvalue weighted by molar-refractivity contribution is 5.87. The zero-order valence-electron chi connectivity index (χ0n) is 13.3. The van der Waals surface area contributed by atoms with Crippen molar-refractivity contribution in [3.05, 3.63) is 71.6 Å². The predicted octanol–water partition coefficient (Wildman–Crippen LogP) is 3.54. The number of allylic oxidation sites excluding steroid dienone is 1. The van der Waals surface area contributed by atoms with Crippen LogP contribution in [0.5, 0.6) is 0 Å². The summed E-state index contributed by atoms with van der Waals surface area (Å²) in [6.07, 6.45) is 1.15. The first-order valence-corrected chi connectivity index (χ1v) is 7.46. The molecule has 0 saturated carbocycles. The van der Waals surface area contributed by atoms with Crippen molar-refractivity contribution in [1.29, 1.82) is 5.26 Å². The average molecular weight is 350 g/mol. The fourth-order valence-corrected chi connectivity index (χ4v) is 2.15. The highest BCUT2D eigenvalue weighted by atomic mass is 19.2. The van der Waals surface area contributed by atoms with Crippen LogP contribution < -0.4 is 11.1 Å². The lowest BCUT2D eigenvalue weighted by atomic mass is 10.1. The second-order valence-corrected chi connectivity index (χ2v) is 5.14. The van der Waals surface area contributed by atoms with Gasteiger partial charge in [-0.25, -0.2) is 8.78 Å². The Balaban J connectivity index is 2.00. The molecule has 0 bridgehead atoms. The molecular formula is C18H12F2N6. The van der Waals surface area contributed by atoms with Crippen molar-refractivity contribution >= 4 is 29.2 Å². The van der Waals surface area contributed by atoms with Crippen LogP contribution in [0.2, 0.25) is 0 Å². The molecule has 0 atom stereocenters. The van der Waals surface area contributed by atoms with Gasteiger partial charge in [0.15, 0.2) is 17.5 Å². The number of hydrogen-bond donors (Lipinski definition) is 2. The fraction of sp³-hybridized carbons (Fsp3) is 0. The van der Waals surface area contributed by atoms with Gasteiger partial charge in [-0.3, -0.25) is 0 Å². The van der Waals surface area contributed by atoms with Crippen LogP contribution in [0.4, 0.5) is 26.4 Å². The largest absolute Gasteiger partial charge is 0.368 e. The maximum absolute atomic E-state index is 13.8. The Morgan fingerprint density at radius 2 is 1.81 bits per heavy atom. The summed E-state index contributed by atoms with van der Waals surface area (Å²) in [6, 6.07) is 14.6. The van der Waals surface area contributed by atoms with E-state index in [1.165, 1.54) is 12.1 Å². The third-order valence-electron chi connectivity index (χ3n) is 3.33. The smallest absolute Gasteiger partial charge is 0.232 e. The molecule has 3 rings (SSSR count). The van der Waals surface area contributed by atoms with Gasteiger partial charge in [-0.05, 0) is 24.3 Å². The Hall–Kier alpha value is -3.86. The highest BCUT2D eigenvalue weighted by Gasteiger charge is 2.12. The number of hydrogen-bond acceptors (Lipinski definition) is 6. The lowest BCUT2D eigenvalue weighted by molar-refractivity contribution is 0.507. The Kier molecular flexibility index (Phi) is 4.80. The zero-order valence-corrected chi connectivity index (χ0v) is 13.3. The molecule has 1 aromatic heterocycles. The van der Waals surface area contributed by atoms with Crippen molar-refractivity contribution in [2.45, 2.75) is 0 Å². The number of anilines is 3. The van der Waals surface area contributed by atoms with Gasteiger partial charge in [0.1, 0.15) is 6.07 Å². The minimum absolute atomic E-state index is 0.0536. The summed E-state index contributed by atoms with van der Waals surface area (Å²) in [7, 11) is 0. The van der Waals surface area contributed by atoms with Gasteiger partial charge in [0.05, 0.1) is 5.57 Å². The van der Waals surface area contributed by atoms with Gasteiger partial charge in [0.25, 0.3) is 0 Å². The quantitative estimate of drug-likeness (QED) is 0.698. The van der Waals surface area contributed by atoms with Gasteiger partial charge in [0, 0.05) is 11.3 Å². The van der Waals surface area contributed by atoms with Crippen LogP contribution in [0.15, 0.2) is 48.5 Å². The standard InChI is InChI=1S/C18H12F2N6/c19-14-8-4-5-11(15(14)20)9-12(10-21)16-24-17(22)26-18(25-16)23-13-6-2-1-3-7-13/h1-9H,(H3,22,23,24,25,26). The molecule has 8 heteroatoms. The Morgan fingerprint density at radius 3 is 2.54 bits per heavy atom. The van der Waals surface area contributed by atoms with Gasteiger partial charge in [-0.2, -0.15) is 20.2 Å². The number of benzene rings is 2. The Morgan fingerprint density at radius 1 is 1.04 bits per heavy atom. The third-order valence-corrected chi connectivity index (χ3v) is 3.33. The molecule has 26 heavy (non-hydrogen) atoms. The van der Waals surface area contributed by atoms with Crippen molar-refractivity contribution in [2.24, 2.45) is 0 Å². The number of nitrogen functional groups attached to an aromatic ring is 1. The van der Waals surface area contributed by atoms with E-state index in [1.807, 2.05) is 24.3 Å². The number of halogens is 2. The summed E-state index contributed by atoms with van der Waals surface area (Å²) in [5, 5.41) is 12.3. The summed E-state index contributed by atoms with van der Waals surface area (Å²) >= 11 is 0. The molecule has 0 aliphatic carbocycles. The predicted molar refractivity (Wildman–Crippen MR) is 93.8 cm³/mol. The summed E-state index contributed by atoms with van der Waals surface area (Å²) in [6.45, 7) is 0. The Labute approximate surface area is 147 Å². The van der Waals surface area contributed by atoms with Gasteiger partial charge in [0.2, 0.25) is 11.9 Å². The molecule has 3 aromatic rings. The van der Waals surface area contributed by atoms with Crippen LogP contribution >= 0.6 is 0 Å². The molecule has 6 nitrogen and oxygen atoms in total. The molecule has 2 aromatic carbocycles. The lowest BCUT2D eigenvalue weighted by Gasteiger charge is -2.07. The number of aromatic nitrogens is 3. The van der Waals surface area contributed by atoms with E-state index in [1.54, 1.807) is 12.1 Å². The van der Waals surface area contributed by atoms with Crippen LogP contribution in [0.1, 0.15) is 11.4 Å². The first-order valence-electron chi connectivity index (χ1n) is 7.46. The number of nitriles is 1. The molecule has 0 saturated heterocycles. The molecule has 1 heterocycles. The lowest BCUT2D eigenvalue weighted by Crippen LogP contribution is -2.06. The average Bonchev–Trinajstić information content (AvgIpc) is 2.63. The van der Waals surface area contributed by atoms with Gasteiger partial charge in [-0.15, -0.1) is 0 Å². The van der Waals surface area contributed by atoms with Crippen LogP contribution in [0.25, 0.3) is 11.6 Å². The van der Waals surface area contributed by atoms with E-state index in [-0.39, 0.29) is 28.9 Å². The molecule has 128 valence electrons. The van der Waals surface area contributed by atoms with Crippen molar-refractivity contribution in [3.63, 3.8) is 0 Å². The normalized spacial score (nSPS) is 11.0. The van der Waals surface area contributed by atoms with Gasteiger partial charge < -0.3 is 11.1 Å². The van der Waals surface area contributed by atoms with Crippen molar-refractivity contribution in [3.8, 4) is 6.07 Å². The van der Waals surface area contributed by atoms with Crippen LogP contribution in [-0.2, 0) is 0 Å². The second-order valence-electron chi connectivity index (χ2n) is 5.14. The monoisotopic (exact) mass is 350 g/mol. The van der Waals surface area contributed by atoms with E-state index in [0.29, 0.717) is 5.69 Å². The SMILES string of the molecule is N#CC(=Cc1cccc(F)c1F)c1nc(N)nc(Nc2ccccc2)n1. The number of para-hydroxylation sites is 1. The zero-order chi connectivity index (χ0) is 18.5. The molecule has 0 amide bonds. The molecule has 0 radical (unpaired) electrons. The fourth-order valence-electron chi connectivity index (χ4n) is 2.15. The summed E-state index contributed by atoms with van der Waals surface area (Å²) < 4.78 is 27.2. The first-order chi connectivity index (χ1) is 12.6. The summed E-state index contributed by atoms with van der Waals surface area (Å²) in [5.74, 6) is -2.13. The molecule has 0 fully saturated rings. The van der Waals surface area contributed by atoms with Crippen molar-refractivity contribution in [2.75, 3.05) is 11.1 Å². The van der Waals surface area contributed by atoms with Gasteiger partial charge in [-0.1, -0.05) is 30.3 Å². The number of nitrogens with zero attached hydrogens (tertiary/aromatic N) is 4. The van der Waals surface area contributed by atoms with E-state index in [9.17, 15) is 14.0 Å². The first kappa shape index (κ1) is 17.0. The minimum atomic E-state index is -1.06. The van der Waals surface area contributed by atoms with E-state index in [2.05, 4.69) is 20.3 Å². The van der Waals surface area contributed by atoms with Crippen LogP contribution in [0, 0.1) is 23.0 Å². The summed E-state index contributed by atoms with van der Waals surface area (Å²) in [5.41, 5.74) is 6.21. The molecule has 3 N–H and O–H groups in total. The van der Waals surface area contributed by atoms with Crippen LogP contribution in [-0.4, -0.2) is 15.0 Å².